The minimum absolute atomic E-state index is 0.0359. The first-order chi connectivity index (χ1) is 12.8. The van der Waals surface area contributed by atoms with Gasteiger partial charge in [0.05, 0.1) is 18.5 Å². The van der Waals surface area contributed by atoms with Crippen molar-refractivity contribution < 1.29 is 19.1 Å². The van der Waals surface area contributed by atoms with E-state index in [2.05, 4.69) is 10.6 Å². The molecule has 8 heteroatoms. The number of urea groups is 1. The van der Waals surface area contributed by atoms with E-state index in [1.54, 1.807) is 56.1 Å². The number of nitrogens with zero attached hydrogens (tertiary/aromatic N) is 2. The van der Waals surface area contributed by atoms with Crippen molar-refractivity contribution >= 4 is 29.2 Å². The number of rotatable bonds is 5. The third-order valence-electron chi connectivity index (χ3n) is 4.60. The average molecular weight is 376 g/mol. The van der Waals surface area contributed by atoms with E-state index in [-0.39, 0.29) is 23.8 Å². The number of piperidine rings is 1. The van der Waals surface area contributed by atoms with Gasteiger partial charge in [-0.05, 0) is 25.0 Å². The zero-order valence-corrected chi connectivity index (χ0v) is 16.4. The van der Waals surface area contributed by atoms with E-state index < -0.39 is 0 Å². The number of methoxy groups -OCH3 is 1. The summed E-state index contributed by atoms with van der Waals surface area (Å²) in [4.78, 5) is 39.7. The van der Waals surface area contributed by atoms with E-state index in [9.17, 15) is 14.4 Å². The summed E-state index contributed by atoms with van der Waals surface area (Å²) in [5, 5.41) is 5.69. The highest BCUT2D eigenvalue weighted by Crippen LogP contribution is 2.29. The van der Waals surface area contributed by atoms with E-state index in [0.29, 0.717) is 49.5 Å². The number of carbonyl (C=O) groups is 3. The Bertz CT molecular complexity index is 697. The molecule has 27 heavy (non-hydrogen) atoms. The summed E-state index contributed by atoms with van der Waals surface area (Å²) in [7, 11) is 4.98. The van der Waals surface area contributed by atoms with Gasteiger partial charge in [-0.1, -0.05) is 6.92 Å². The molecule has 1 aliphatic heterocycles. The van der Waals surface area contributed by atoms with Gasteiger partial charge in [0.2, 0.25) is 11.8 Å². The van der Waals surface area contributed by atoms with Crippen molar-refractivity contribution in [1.82, 2.24) is 9.80 Å². The molecule has 0 unspecified atom stereocenters. The minimum atomic E-state index is -0.183. The number of benzene rings is 1. The normalized spacial score (nSPS) is 14.4. The van der Waals surface area contributed by atoms with Gasteiger partial charge in [-0.3, -0.25) is 9.59 Å². The molecule has 0 spiro atoms. The molecular formula is C19H28N4O4. The van der Waals surface area contributed by atoms with E-state index in [1.807, 2.05) is 0 Å². The van der Waals surface area contributed by atoms with E-state index in [1.165, 1.54) is 0 Å². The van der Waals surface area contributed by atoms with Gasteiger partial charge in [0.15, 0.2) is 0 Å². The Balaban J connectivity index is 2.04. The van der Waals surface area contributed by atoms with E-state index >= 15 is 0 Å². The molecule has 1 aromatic rings. The zero-order chi connectivity index (χ0) is 20.0. The van der Waals surface area contributed by atoms with E-state index in [4.69, 9.17) is 4.74 Å². The maximum absolute atomic E-state index is 12.7. The Morgan fingerprint density at radius 1 is 1.15 bits per heavy atom. The van der Waals surface area contributed by atoms with Crippen LogP contribution < -0.4 is 15.4 Å². The monoisotopic (exact) mass is 376 g/mol. The highest BCUT2D eigenvalue weighted by molar-refractivity contribution is 6.00. The minimum Gasteiger partial charge on any atom is -0.497 e. The smallest absolute Gasteiger partial charge is 0.319 e. The molecule has 1 fully saturated rings. The van der Waals surface area contributed by atoms with Crippen LogP contribution in [0, 0.1) is 5.92 Å². The number of ether oxygens (including phenoxy) is 1. The fraction of sp³-hybridized carbons (Fsp3) is 0.526. The molecule has 0 radical (unpaired) electrons. The highest BCUT2D eigenvalue weighted by atomic mass is 16.5. The zero-order valence-electron chi connectivity index (χ0n) is 16.4. The van der Waals surface area contributed by atoms with Gasteiger partial charge >= 0.3 is 6.03 Å². The van der Waals surface area contributed by atoms with Gasteiger partial charge in [-0.25, -0.2) is 4.79 Å². The van der Waals surface area contributed by atoms with Crippen LogP contribution in [0.15, 0.2) is 18.2 Å². The van der Waals surface area contributed by atoms with E-state index in [0.717, 1.165) is 0 Å². The van der Waals surface area contributed by atoms with Crippen molar-refractivity contribution in [2.24, 2.45) is 5.92 Å². The molecule has 0 aromatic heterocycles. The van der Waals surface area contributed by atoms with Crippen molar-refractivity contribution in [3.63, 3.8) is 0 Å². The quantitative estimate of drug-likeness (QED) is 0.825. The predicted octanol–water partition coefficient (Wildman–Crippen LogP) is 2.38. The number of likely N-dealkylation sites (tertiary alicyclic amines) is 1. The van der Waals surface area contributed by atoms with Crippen LogP contribution in [0.2, 0.25) is 0 Å². The van der Waals surface area contributed by atoms with Crippen LogP contribution in [0.5, 0.6) is 5.75 Å². The van der Waals surface area contributed by atoms with Gasteiger partial charge in [-0.15, -0.1) is 0 Å². The molecule has 1 aliphatic rings. The molecule has 4 amide bonds. The SMILES string of the molecule is CCC(=O)Nc1ccc(OC)cc1NC(=O)C1CCN(C(=O)N(C)C)CC1. The van der Waals surface area contributed by atoms with Gasteiger partial charge in [0.25, 0.3) is 0 Å². The molecule has 1 saturated heterocycles. The standard InChI is InChI=1S/C19H28N4O4/c1-5-17(24)20-15-7-6-14(27-4)12-16(15)21-18(25)13-8-10-23(11-9-13)19(26)22(2)3/h6-7,12-13H,5,8-11H2,1-4H3,(H,20,24)(H,21,25). The topological polar surface area (TPSA) is 91.0 Å². The fourth-order valence-electron chi connectivity index (χ4n) is 2.95. The van der Waals surface area contributed by atoms with Crippen LogP contribution >= 0.6 is 0 Å². The third kappa shape index (κ3) is 5.35. The summed E-state index contributed by atoms with van der Waals surface area (Å²) in [6.45, 7) is 2.86. The van der Waals surface area contributed by atoms with Crippen LogP contribution in [0.1, 0.15) is 26.2 Å². The summed E-state index contributed by atoms with van der Waals surface area (Å²) in [6, 6.07) is 5.09. The number of anilines is 2. The van der Waals surface area contributed by atoms with Crippen LogP contribution in [0.25, 0.3) is 0 Å². The Morgan fingerprint density at radius 2 is 1.81 bits per heavy atom. The van der Waals surface area contributed by atoms with Crippen LogP contribution in [-0.4, -0.2) is 61.9 Å². The first-order valence-electron chi connectivity index (χ1n) is 9.10. The summed E-state index contributed by atoms with van der Waals surface area (Å²) in [5.74, 6) is 0.154. The van der Waals surface area contributed by atoms with Gasteiger partial charge < -0.3 is 25.2 Å². The van der Waals surface area contributed by atoms with Gasteiger partial charge in [-0.2, -0.15) is 0 Å². The molecule has 148 valence electrons. The lowest BCUT2D eigenvalue weighted by atomic mass is 9.96. The molecule has 0 bridgehead atoms. The number of nitrogens with one attached hydrogen (secondary N) is 2. The Labute approximate surface area is 159 Å². The van der Waals surface area contributed by atoms with Crippen molar-refractivity contribution in [2.45, 2.75) is 26.2 Å². The second-order valence-electron chi connectivity index (χ2n) is 6.74. The molecular weight excluding hydrogens is 348 g/mol. The van der Waals surface area contributed by atoms with Gasteiger partial charge in [0, 0.05) is 45.6 Å². The molecule has 0 saturated carbocycles. The number of hydrogen-bond acceptors (Lipinski definition) is 4. The Kier molecular flexibility index (Phi) is 7.04. The molecule has 2 N–H and O–H groups in total. The predicted molar refractivity (Wildman–Crippen MR) is 104 cm³/mol. The number of carbonyl (C=O) groups excluding carboxylic acids is 3. The largest absolute Gasteiger partial charge is 0.497 e. The fourth-order valence-corrected chi connectivity index (χ4v) is 2.95. The molecule has 1 aromatic carbocycles. The number of amides is 4. The van der Waals surface area contributed by atoms with Crippen molar-refractivity contribution in [2.75, 3.05) is 44.9 Å². The molecule has 0 atom stereocenters. The van der Waals surface area contributed by atoms with Crippen LogP contribution in [0.4, 0.5) is 16.2 Å². The Morgan fingerprint density at radius 3 is 2.37 bits per heavy atom. The molecule has 1 heterocycles. The highest BCUT2D eigenvalue weighted by Gasteiger charge is 2.28. The summed E-state index contributed by atoms with van der Waals surface area (Å²) in [5.41, 5.74) is 1.05. The summed E-state index contributed by atoms with van der Waals surface area (Å²) < 4.78 is 5.22. The van der Waals surface area contributed by atoms with Crippen LogP contribution in [0.3, 0.4) is 0 Å². The Hall–Kier alpha value is -2.77. The maximum atomic E-state index is 12.7. The molecule has 2 rings (SSSR count). The second kappa shape index (κ2) is 9.25. The van der Waals surface area contributed by atoms with Crippen molar-refractivity contribution in [3.8, 4) is 5.75 Å². The van der Waals surface area contributed by atoms with Crippen LogP contribution in [-0.2, 0) is 9.59 Å². The summed E-state index contributed by atoms with van der Waals surface area (Å²) in [6.07, 6.45) is 1.55. The first kappa shape index (κ1) is 20.5. The van der Waals surface area contributed by atoms with Crippen molar-refractivity contribution in [3.05, 3.63) is 18.2 Å². The lowest BCUT2D eigenvalue weighted by Crippen LogP contribution is -2.45. The average Bonchev–Trinajstić information content (AvgIpc) is 2.68. The maximum Gasteiger partial charge on any atom is 0.319 e. The first-order valence-corrected chi connectivity index (χ1v) is 9.10. The number of hydrogen-bond donors (Lipinski definition) is 2. The van der Waals surface area contributed by atoms with Gasteiger partial charge in [0.1, 0.15) is 5.75 Å². The second-order valence-corrected chi connectivity index (χ2v) is 6.74. The molecule has 0 aliphatic carbocycles. The lowest BCUT2D eigenvalue weighted by molar-refractivity contribution is -0.121. The summed E-state index contributed by atoms with van der Waals surface area (Å²) >= 11 is 0. The lowest BCUT2D eigenvalue weighted by Gasteiger charge is -2.33. The molecule has 8 nitrogen and oxygen atoms in total. The third-order valence-corrected chi connectivity index (χ3v) is 4.60. The van der Waals surface area contributed by atoms with Crippen molar-refractivity contribution in [1.29, 1.82) is 0 Å².